The van der Waals surface area contributed by atoms with Crippen molar-refractivity contribution in [3.05, 3.63) is 0 Å². The Morgan fingerprint density at radius 3 is 2.14 bits per heavy atom. The maximum atomic E-state index is 12.7. The van der Waals surface area contributed by atoms with Crippen LogP contribution in [-0.4, -0.2) is 96.9 Å². The zero-order chi connectivity index (χ0) is 27.8. The Balaban J connectivity index is 2.49. The van der Waals surface area contributed by atoms with Gasteiger partial charge in [-0.1, -0.05) is 18.7 Å². The van der Waals surface area contributed by atoms with E-state index in [9.17, 15) is 19.2 Å². The Kier molecular flexibility index (Phi) is 16.4. The summed E-state index contributed by atoms with van der Waals surface area (Å²) in [6, 6.07) is 0. The molecule has 0 aromatic rings. The van der Waals surface area contributed by atoms with E-state index in [0.29, 0.717) is 43.8 Å². The summed E-state index contributed by atoms with van der Waals surface area (Å²) in [5.41, 5.74) is 0. The second-order valence-electron chi connectivity index (χ2n) is 8.22. The summed E-state index contributed by atoms with van der Waals surface area (Å²) in [4.78, 5) is 51.0. The van der Waals surface area contributed by atoms with Crippen molar-refractivity contribution in [2.45, 2.75) is 71.5 Å². The number of amides is 1. The van der Waals surface area contributed by atoms with Gasteiger partial charge in [0.25, 0.3) is 0 Å². The Morgan fingerprint density at radius 2 is 1.51 bits per heavy atom. The van der Waals surface area contributed by atoms with Gasteiger partial charge in [-0.15, -0.1) is 0 Å². The molecule has 0 spiro atoms. The lowest BCUT2D eigenvalue weighted by atomic mass is 10.1. The van der Waals surface area contributed by atoms with Crippen LogP contribution in [-0.2, 0) is 47.6 Å². The van der Waals surface area contributed by atoms with Crippen LogP contribution in [0.3, 0.4) is 0 Å². The third kappa shape index (κ3) is 12.9. The first-order valence-electron chi connectivity index (χ1n) is 12.5. The first-order valence-corrected chi connectivity index (χ1v) is 13.7. The number of carbonyl (C=O) groups is 4. The molecule has 1 aliphatic rings. The largest absolute Gasteiger partial charge is 0.479 e. The number of hydrogen-bond acceptors (Lipinski definition) is 12. The number of hydrogen-bond donors (Lipinski definition) is 0. The second kappa shape index (κ2) is 18.3. The molecule has 0 aromatic carbocycles. The number of likely N-dealkylation sites (tertiary alicyclic amines) is 1. The topological polar surface area (TPSA) is 127 Å². The molecule has 0 aliphatic carbocycles. The molecule has 1 saturated heterocycles. The van der Waals surface area contributed by atoms with Gasteiger partial charge >= 0.3 is 17.9 Å². The normalized spacial score (nSPS) is 16.5. The van der Waals surface area contributed by atoms with Gasteiger partial charge in [0.2, 0.25) is 10.3 Å². The van der Waals surface area contributed by atoms with Crippen LogP contribution in [0.5, 0.6) is 0 Å². The highest BCUT2D eigenvalue weighted by atomic mass is 32.2. The van der Waals surface area contributed by atoms with Crippen LogP contribution in [0.2, 0.25) is 0 Å². The molecule has 1 rings (SSSR count). The quantitative estimate of drug-likeness (QED) is 0.111. The second-order valence-corrected chi connectivity index (χ2v) is 10.00. The van der Waals surface area contributed by atoms with Gasteiger partial charge in [0.1, 0.15) is 6.61 Å². The highest BCUT2D eigenvalue weighted by Crippen LogP contribution is 2.29. The van der Waals surface area contributed by atoms with Crippen molar-refractivity contribution < 1.29 is 47.6 Å². The summed E-state index contributed by atoms with van der Waals surface area (Å²) in [6.45, 7) is 10.6. The summed E-state index contributed by atoms with van der Waals surface area (Å²) < 4.78 is 31.4. The maximum Gasteiger partial charge on any atom is 0.347 e. The van der Waals surface area contributed by atoms with Gasteiger partial charge in [-0.25, -0.2) is 9.59 Å². The first kappa shape index (κ1) is 33.1. The van der Waals surface area contributed by atoms with Crippen molar-refractivity contribution >= 4 is 52.2 Å². The fraction of sp³-hybridized carbons (Fsp3) is 0.792. The van der Waals surface area contributed by atoms with Crippen molar-refractivity contribution in [3.63, 3.8) is 0 Å². The highest BCUT2D eigenvalue weighted by molar-refractivity contribution is 8.23. The molecule has 1 amide bonds. The van der Waals surface area contributed by atoms with Gasteiger partial charge in [0.15, 0.2) is 12.2 Å². The van der Waals surface area contributed by atoms with E-state index in [4.69, 9.17) is 40.6 Å². The minimum Gasteiger partial charge on any atom is -0.479 e. The summed E-state index contributed by atoms with van der Waals surface area (Å²) >= 11 is 6.43. The molecule has 1 aliphatic heterocycles. The van der Waals surface area contributed by atoms with E-state index in [1.54, 1.807) is 11.8 Å². The van der Waals surface area contributed by atoms with Crippen molar-refractivity contribution in [2.24, 2.45) is 5.92 Å². The summed E-state index contributed by atoms with van der Waals surface area (Å²) in [7, 11) is 0. The average Bonchev–Trinajstić information content (AvgIpc) is 3.28. The monoisotopic (exact) mass is 565 g/mol. The minimum absolute atomic E-state index is 0.000332. The van der Waals surface area contributed by atoms with Crippen LogP contribution in [0.1, 0.15) is 53.9 Å². The first-order chi connectivity index (χ1) is 17.6. The molecule has 212 valence electrons. The van der Waals surface area contributed by atoms with Crippen LogP contribution < -0.4 is 0 Å². The Bertz CT molecular complexity index is 766. The van der Waals surface area contributed by atoms with E-state index in [-0.39, 0.29) is 25.5 Å². The van der Waals surface area contributed by atoms with E-state index < -0.39 is 41.4 Å². The van der Waals surface area contributed by atoms with Gasteiger partial charge in [-0.2, -0.15) is 0 Å². The number of thiocarbonyl (C=S) groups is 1. The molecule has 4 atom stereocenters. The molecule has 0 saturated carbocycles. The third-order valence-electron chi connectivity index (χ3n) is 5.21. The lowest BCUT2D eigenvalue weighted by molar-refractivity contribution is -0.178. The van der Waals surface area contributed by atoms with Crippen molar-refractivity contribution in [2.75, 3.05) is 46.2 Å². The van der Waals surface area contributed by atoms with Crippen molar-refractivity contribution in [1.29, 1.82) is 0 Å². The van der Waals surface area contributed by atoms with Crippen LogP contribution >= 0.6 is 24.0 Å². The zero-order valence-electron chi connectivity index (χ0n) is 22.2. The third-order valence-corrected chi connectivity index (χ3v) is 6.64. The van der Waals surface area contributed by atoms with Gasteiger partial charge in [0.05, 0.1) is 37.7 Å². The van der Waals surface area contributed by atoms with E-state index in [2.05, 4.69) is 0 Å². The highest BCUT2D eigenvalue weighted by Gasteiger charge is 2.34. The van der Waals surface area contributed by atoms with E-state index in [1.807, 2.05) is 13.8 Å². The molecule has 4 unspecified atom stereocenters. The molecule has 0 aromatic heterocycles. The van der Waals surface area contributed by atoms with E-state index in [0.717, 1.165) is 6.42 Å². The predicted octanol–water partition coefficient (Wildman–Crippen LogP) is 2.48. The Morgan fingerprint density at radius 1 is 0.892 bits per heavy atom. The zero-order valence-corrected chi connectivity index (χ0v) is 23.9. The fourth-order valence-electron chi connectivity index (χ4n) is 3.21. The summed E-state index contributed by atoms with van der Waals surface area (Å²) in [5, 5.41) is -0.392. The standard InChI is InChI=1S/C24H39NO10S2/c1-6-30-11-12-31-13-14-33-22(28)17(4)35-23(29)18(5)34-21(27)16(3)15-20(37-24(36)32-7-2)25-10-8-9-19(25)26/h16-18,20H,6-15H2,1-5H3. The molecule has 1 fully saturated rings. The summed E-state index contributed by atoms with van der Waals surface area (Å²) in [5.74, 6) is -2.91. The fourth-order valence-corrected chi connectivity index (χ4v) is 4.81. The Labute approximate surface area is 228 Å². The number of rotatable bonds is 17. The molecular weight excluding hydrogens is 526 g/mol. The number of esters is 3. The predicted molar refractivity (Wildman–Crippen MR) is 140 cm³/mol. The van der Waals surface area contributed by atoms with Gasteiger partial charge in [-0.05, 0) is 52.8 Å². The average molecular weight is 566 g/mol. The number of carbonyl (C=O) groups excluding carboxylic acids is 4. The molecule has 37 heavy (non-hydrogen) atoms. The Hall–Kier alpha value is -1.96. The number of ether oxygens (including phenoxy) is 6. The number of thioether (sulfide) groups is 1. The van der Waals surface area contributed by atoms with Crippen molar-refractivity contribution in [1.82, 2.24) is 4.90 Å². The van der Waals surface area contributed by atoms with E-state index >= 15 is 0 Å². The lowest BCUT2D eigenvalue weighted by Gasteiger charge is -2.29. The van der Waals surface area contributed by atoms with Crippen LogP contribution in [0.4, 0.5) is 0 Å². The molecule has 0 radical (unpaired) electrons. The van der Waals surface area contributed by atoms with Gasteiger partial charge < -0.3 is 33.3 Å². The maximum absolute atomic E-state index is 12.7. The van der Waals surface area contributed by atoms with Gasteiger partial charge in [0, 0.05) is 19.6 Å². The molecule has 0 N–H and O–H groups in total. The molecule has 11 nitrogen and oxygen atoms in total. The molecule has 13 heteroatoms. The van der Waals surface area contributed by atoms with Crippen molar-refractivity contribution in [3.8, 4) is 0 Å². The van der Waals surface area contributed by atoms with Crippen LogP contribution in [0, 0.1) is 5.92 Å². The minimum atomic E-state index is -1.24. The SMILES string of the molecule is CCOCCOCCOC(=O)C(C)OC(=O)C(C)OC(=O)C(C)CC(SC(=S)OCC)N1CCCC1=O. The molecule has 1 heterocycles. The molecule has 0 bridgehead atoms. The van der Waals surface area contributed by atoms with Gasteiger partial charge in [-0.3, -0.25) is 9.59 Å². The smallest absolute Gasteiger partial charge is 0.347 e. The van der Waals surface area contributed by atoms with Crippen LogP contribution in [0.15, 0.2) is 0 Å². The van der Waals surface area contributed by atoms with Crippen LogP contribution in [0.25, 0.3) is 0 Å². The molecular formula is C24H39NO10S2. The van der Waals surface area contributed by atoms with E-state index in [1.165, 1.54) is 25.6 Å². The summed E-state index contributed by atoms with van der Waals surface area (Å²) in [6.07, 6.45) is -0.978. The number of nitrogens with zero attached hydrogens (tertiary/aromatic N) is 1. The lowest BCUT2D eigenvalue weighted by Crippen LogP contribution is -2.38.